The maximum atomic E-state index is 12.6. The normalized spacial score (nSPS) is 30.9. The van der Waals surface area contributed by atoms with Gasteiger partial charge in [0.05, 0.1) is 4.88 Å². The van der Waals surface area contributed by atoms with Crippen LogP contribution >= 0.6 is 27.3 Å². The molecule has 1 nitrogen and oxygen atoms in total. The van der Waals surface area contributed by atoms with Crippen molar-refractivity contribution >= 4 is 33.0 Å². The Morgan fingerprint density at radius 3 is 2.63 bits per heavy atom. The average molecular weight is 341 g/mol. The molecular weight excluding hydrogens is 320 g/mol. The smallest absolute Gasteiger partial charge is 0.175 e. The molecule has 0 N–H and O–H groups in total. The third-order valence-corrected chi connectivity index (χ3v) is 7.16. The molecule has 0 spiro atoms. The van der Waals surface area contributed by atoms with Crippen LogP contribution in [0.2, 0.25) is 0 Å². The maximum absolute atomic E-state index is 12.6. The molecule has 0 amide bonds. The number of carbonyl (C=O) groups excluding carboxylic acids is 1. The molecule has 3 atom stereocenters. The van der Waals surface area contributed by atoms with E-state index in [1.165, 1.54) is 37.0 Å². The van der Waals surface area contributed by atoms with Crippen LogP contribution in [0.1, 0.15) is 59.5 Å². The minimum atomic E-state index is 0.296. The molecule has 1 aromatic heterocycles. The lowest BCUT2D eigenvalue weighted by Crippen LogP contribution is -2.31. The fraction of sp³-hybridized carbons (Fsp3) is 0.688. The number of halogens is 1. The Balaban J connectivity index is 1.70. The second-order valence-corrected chi connectivity index (χ2v) is 8.30. The van der Waals surface area contributed by atoms with Gasteiger partial charge in [-0.25, -0.2) is 0 Å². The zero-order valence-electron chi connectivity index (χ0n) is 11.5. The maximum Gasteiger partial charge on any atom is 0.175 e. The zero-order chi connectivity index (χ0) is 13.4. The number of hydrogen-bond donors (Lipinski definition) is 0. The standard InChI is InChI=1S/C16H21BrOS/c1-10-14(17)9-15(19-10)16(18)13-7-6-11-4-2-3-5-12(11)8-13/h9,11-13H,2-8H2,1H3. The number of carbonyl (C=O) groups is 1. The summed E-state index contributed by atoms with van der Waals surface area (Å²) in [5.74, 6) is 2.46. The van der Waals surface area contributed by atoms with Crippen LogP contribution in [0.25, 0.3) is 0 Å². The first-order valence-corrected chi connectivity index (χ1v) is 9.06. The summed E-state index contributed by atoms with van der Waals surface area (Å²) >= 11 is 5.17. The van der Waals surface area contributed by atoms with Gasteiger partial charge in [-0.3, -0.25) is 4.79 Å². The van der Waals surface area contributed by atoms with E-state index in [9.17, 15) is 4.79 Å². The number of ketones is 1. The summed E-state index contributed by atoms with van der Waals surface area (Å²) in [4.78, 5) is 14.8. The van der Waals surface area contributed by atoms with E-state index >= 15 is 0 Å². The predicted molar refractivity (Wildman–Crippen MR) is 83.9 cm³/mol. The Hall–Kier alpha value is -0.150. The van der Waals surface area contributed by atoms with Crippen LogP contribution in [0.4, 0.5) is 0 Å². The number of aryl methyl sites for hydroxylation is 1. The van der Waals surface area contributed by atoms with Crippen molar-refractivity contribution in [2.45, 2.75) is 51.9 Å². The summed E-state index contributed by atoms with van der Waals surface area (Å²) in [6.07, 6.45) is 9.12. The second-order valence-electron chi connectivity index (χ2n) is 6.19. The van der Waals surface area contributed by atoms with E-state index < -0.39 is 0 Å². The van der Waals surface area contributed by atoms with Crippen molar-refractivity contribution in [1.29, 1.82) is 0 Å². The van der Waals surface area contributed by atoms with Crippen molar-refractivity contribution in [1.82, 2.24) is 0 Å². The fourth-order valence-electron chi connectivity index (χ4n) is 3.89. The van der Waals surface area contributed by atoms with Crippen molar-refractivity contribution in [3.63, 3.8) is 0 Å². The summed E-state index contributed by atoms with van der Waals surface area (Å²) in [5, 5.41) is 0. The highest BCUT2D eigenvalue weighted by molar-refractivity contribution is 9.10. The molecule has 2 saturated carbocycles. The molecule has 3 heteroatoms. The van der Waals surface area contributed by atoms with Crippen LogP contribution in [-0.4, -0.2) is 5.78 Å². The van der Waals surface area contributed by atoms with E-state index in [4.69, 9.17) is 0 Å². The summed E-state index contributed by atoms with van der Waals surface area (Å²) in [7, 11) is 0. The molecule has 19 heavy (non-hydrogen) atoms. The summed E-state index contributed by atoms with van der Waals surface area (Å²) in [6.45, 7) is 2.07. The van der Waals surface area contributed by atoms with Crippen molar-refractivity contribution in [2.75, 3.05) is 0 Å². The third-order valence-electron chi connectivity index (χ3n) is 5.01. The van der Waals surface area contributed by atoms with E-state index in [1.807, 2.05) is 6.07 Å². The van der Waals surface area contributed by atoms with Crippen LogP contribution in [0.3, 0.4) is 0 Å². The van der Waals surface area contributed by atoms with Crippen LogP contribution in [0, 0.1) is 24.7 Å². The van der Waals surface area contributed by atoms with Crippen LogP contribution in [0.5, 0.6) is 0 Å². The Kier molecular flexibility index (Phi) is 4.14. The van der Waals surface area contributed by atoms with E-state index in [0.29, 0.717) is 11.7 Å². The highest BCUT2D eigenvalue weighted by Gasteiger charge is 2.35. The minimum Gasteiger partial charge on any atom is -0.293 e. The Labute approximate surface area is 127 Å². The molecule has 0 saturated heterocycles. The van der Waals surface area contributed by atoms with E-state index in [-0.39, 0.29) is 0 Å². The lowest BCUT2D eigenvalue weighted by molar-refractivity contribution is 0.0767. The number of rotatable bonds is 2. The Morgan fingerprint density at radius 2 is 1.95 bits per heavy atom. The van der Waals surface area contributed by atoms with Gasteiger partial charge in [0.1, 0.15) is 0 Å². The molecule has 2 aliphatic rings. The van der Waals surface area contributed by atoms with Gasteiger partial charge in [0, 0.05) is 15.3 Å². The Bertz CT molecular complexity index is 460. The van der Waals surface area contributed by atoms with Gasteiger partial charge >= 0.3 is 0 Å². The van der Waals surface area contributed by atoms with E-state index in [0.717, 1.165) is 34.0 Å². The first kappa shape index (κ1) is 13.8. The molecule has 2 aliphatic carbocycles. The lowest BCUT2D eigenvalue weighted by Gasteiger charge is -2.38. The highest BCUT2D eigenvalue weighted by Crippen LogP contribution is 2.44. The number of thiophene rings is 1. The first-order chi connectivity index (χ1) is 9.15. The van der Waals surface area contributed by atoms with Gasteiger partial charge in [0.15, 0.2) is 5.78 Å². The number of hydrogen-bond acceptors (Lipinski definition) is 2. The fourth-order valence-corrected chi connectivity index (χ4v) is 5.45. The number of fused-ring (bicyclic) bond motifs is 1. The van der Waals surface area contributed by atoms with Gasteiger partial charge in [-0.1, -0.05) is 25.7 Å². The quantitative estimate of drug-likeness (QED) is 0.639. The van der Waals surface area contributed by atoms with Crippen LogP contribution in [-0.2, 0) is 0 Å². The third kappa shape index (κ3) is 2.82. The molecule has 1 heterocycles. The van der Waals surface area contributed by atoms with Gasteiger partial charge in [-0.2, -0.15) is 0 Å². The molecule has 0 bridgehead atoms. The topological polar surface area (TPSA) is 17.1 Å². The summed E-state index contributed by atoms with van der Waals surface area (Å²) in [5.41, 5.74) is 0. The lowest BCUT2D eigenvalue weighted by atomic mass is 9.66. The zero-order valence-corrected chi connectivity index (χ0v) is 13.9. The average Bonchev–Trinajstić information content (AvgIpc) is 2.77. The number of Topliss-reactive ketones (excluding diaryl/α,β-unsaturated/α-hetero) is 1. The van der Waals surface area contributed by atoms with Crippen LogP contribution < -0.4 is 0 Å². The van der Waals surface area contributed by atoms with Crippen molar-refractivity contribution in [3.05, 3.63) is 20.3 Å². The van der Waals surface area contributed by atoms with Crippen LogP contribution in [0.15, 0.2) is 10.5 Å². The molecule has 0 aromatic carbocycles. The molecule has 2 fully saturated rings. The molecule has 104 valence electrons. The largest absolute Gasteiger partial charge is 0.293 e. The molecule has 3 unspecified atom stereocenters. The van der Waals surface area contributed by atoms with Crippen molar-refractivity contribution < 1.29 is 4.79 Å². The highest BCUT2D eigenvalue weighted by atomic mass is 79.9. The summed E-state index contributed by atoms with van der Waals surface area (Å²) in [6, 6.07) is 2.02. The predicted octanol–water partition coefficient (Wildman–Crippen LogP) is 5.61. The van der Waals surface area contributed by atoms with Gasteiger partial charge < -0.3 is 0 Å². The van der Waals surface area contributed by atoms with E-state index in [2.05, 4.69) is 22.9 Å². The molecule has 0 aliphatic heterocycles. The van der Waals surface area contributed by atoms with E-state index in [1.54, 1.807) is 11.3 Å². The van der Waals surface area contributed by atoms with Gasteiger partial charge in [0.2, 0.25) is 0 Å². The molecule has 3 rings (SSSR count). The Morgan fingerprint density at radius 1 is 1.21 bits per heavy atom. The van der Waals surface area contributed by atoms with Crippen molar-refractivity contribution in [2.24, 2.45) is 17.8 Å². The van der Waals surface area contributed by atoms with Gasteiger partial charge in [0.25, 0.3) is 0 Å². The molecule has 1 aromatic rings. The monoisotopic (exact) mass is 340 g/mol. The minimum absolute atomic E-state index is 0.296. The SMILES string of the molecule is Cc1sc(C(=O)C2CCC3CCCCC3C2)cc1Br. The summed E-state index contributed by atoms with van der Waals surface area (Å²) < 4.78 is 1.09. The van der Waals surface area contributed by atoms with Gasteiger partial charge in [-0.15, -0.1) is 11.3 Å². The second kappa shape index (κ2) is 5.69. The first-order valence-electron chi connectivity index (χ1n) is 7.45. The van der Waals surface area contributed by atoms with Gasteiger partial charge in [-0.05, 0) is 60.0 Å². The van der Waals surface area contributed by atoms with Crippen molar-refractivity contribution in [3.8, 4) is 0 Å². The molecular formula is C16H21BrOS. The molecule has 0 radical (unpaired) electrons.